The molecular formula is C17H18ClN. The summed E-state index contributed by atoms with van der Waals surface area (Å²) in [6.45, 7) is 4.50. The zero-order chi connectivity index (χ0) is 12.3. The van der Waals surface area contributed by atoms with Gasteiger partial charge in [0.1, 0.15) is 0 Å². The van der Waals surface area contributed by atoms with Gasteiger partial charge in [-0.1, -0.05) is 48.0 Å². The molecule has 0 amide bonds. The summed E-state index contributed by atoms with van der Waals surface area (Å²) in [4.78, 5) is 0. The second-order valence-electron chi connectivity index (χ2n) is 5.77. The number of halogens is 1. The van der Waals surface area contributed by atoms with Crippen LogP contribution in [-0.4, -0.2) is 0 Å². The van der Waals surface area contributed by atoms with E-state index in [0.717, 1.165) is 6.42 Å². The summed E-state index contributed by atoms with van der Waals surface area (Å²) in [6.07, 6.45) is 1.11. The Balaban J connectivity index is 0.00000110. The van der Waals surface area contributed by atoms with E-state index in [1.54, 1.807) is 0 Å². The Morgan fingerprint density at radius 1 is 1.11 bits per heavy atom. The van der Waals surface area contributed by atoms with Gasteiger partial charge in [0.25, 0.3) is 0 Å². The van der Waals surface area contributed by atoms with Crippen molar-refractivity contribution in [3.63, 3.8) is 0 Å². The lowest BCUT2D eigenvalue weighted by molar-refractivity contribution is 0.389. The van der Waals surface area contributed by atoms with Gasteiger partial charge in [-0.05, 0) is 42.5 Å². The monoisotopic (exact) mass is 271 g/mol. The molecule has 1 N–H and O–H groups in total. The van der Waals surface area contributed by atoms with Gasteiger partial charge in [-0.3, -0.25) is 5.32 Å². The molecule has 2 unspecified atom stereocenters. The largest absolute Gasteiger partial charge is 0.297 e. The van der Waals surface area contributed by atoms with E-state index in [-0.39, 0.29) is 17.9 Å². The van der Waals surface area contributed by atoms with Crippen LogP contribution in [0.25, 0.3) is 0 Å². The van der Waals surface area contributed by atoms with Crippen LogP contribution in [0.1, 0.15) is 40.8 Å². The van der Waals surface area contributed by atoms with Crippen molar-refractivity contribution in [1.82, 2.24) is 5.32 Å². The zero-order valence-electron chi connectivity index (χ0n) is 11.2. The molecule has 0 radical (unpaired) electrons. The Bertz CT molecular complexity index is 649. The fourth-order valence-corrected chi connectivity index (χ4v) is 3.70. The summed E-state index contributed by atoms with van der Waals surface area (Å²) in [7, 11) is 0. The first-order valence-corrected chi connectivity index (χ1v) is 6.65. The van der Waals surface area contributed by atoms with Crippen LogP contribution in [0.5, 0.6) is 0 Å². The van der Waals surface area contributed by atoms with Crippen molar-refractivity contribution in [3.8, 4) is 0 Å². The summed E-state index contributed by atoms with van der Waals surface area (Å²) in [5.41, 5.74) is 7.25. The van der Waals surface area contributed by atoms with Gasteiger partial charge in [0.05, 0.1) is 5.54 Å². The summed E-state index contributed by atoms with van der Waals surface area (Å²) >= 11 is 0. The summed E-state index contributed by atoms with van der Waals surface area (Å²) in [5.74, 6) is 0. The summed E-state index contributed by atoms with van der Waals surface area (Å²) < 4.78 is 0. The predicted octanol–water partition coefficient (Wildman–Crippen LogP) is 3.88. The summed E-state index contributed by atoms with van der Waals surface area (Å²) in [5, 5.41) is 3.82. The van der Waals surface area contributed by atoms with Crippen LogP contribution in [0.4, 0.5) is 0 Å². The molecule has 0 fully saturated rings. The molecule has 19 heavy (non-hydrogen) atoms. The van der Waals surface area contributed by atoms with Gasteiger partial charge < -0.3 is 0 Å². The van der Waals surface area contributed by atoms with Crippen LogP contribution in [0.2, 0.25) is 0 Å². The predicted molar refractivity (Wildman–Crippen MR) is 80.9 cm³/mol. The van der Waals surface area contributed by atoms with E-state index in [2.05, 4.69) is 61.6 Å². The van der Waals surface area contributed by atoms with E-state index in [9.17, 15) is 0 Å². The molecule has 2 atom stereocenters. The lowest BCUT2D eigenvalue weighted by atomic mass is 9.82. The van der Waals surface area contributed by atoms with Crippen molar-refractivity contribution in [2.45, 2.75) is 31.8 Å². The average Bonchev–Trinajstić information content (AvgIpc) is 2.59. The first-order valence-electron chi connectivity index (χ1n) is 6.65. The minimum Gasteiger partial charge on any atom is -0.297 e. The van der Waals surface area contributed by atoms with Gasteiger partial charge in [0.2, 0.25) is 0 Å². The maximum atomic E-state index is 3.82. The fraction of sp³-hybridized carbons (Fsp3) is 0.294. The smallest absolute Gasteiger partial charge is 0.0672 e. The minimum absolute atomic E-state index is 0. The van der Waals surface area contributed by atoms with Crippen molar-refractivity contribution in [2.75, 3.05) is 0 Å². The van der Waals surface area contributed by atoms with Crippen LogP contribution >= 0.6 is 12.4 Å². The van der Waals surface area contributed by atoms with Gasteiger partial charge in [-0.15, -0.1) is 12.4 Å². The molecule has 2 heteroatoms. The SMILES string of the molecule is Cc1ccc2c(c1)C1(C)NC2Cc2ccccc21.Cl. The molecule has 2 heterocycles. The van der Waals surface area contributed by atoms with Gasteiger partial charge in [-0.2, -0.15) is 0 Å². The van der Waals surface area contributed by atoms with Crippen LogP contribution < -0.4 is 5.32 Å². The van der Waals surface area contributed by atoms with Crippen molar-refractivity contribution in [2.24, 2.45) is 0 Å². The highest BCUT2D eigenvalue weighted by molar-refractivity contribution is 5.85. The third kappa shape index (κ3) is 1.58. The Hall–Kier alpha value is -1.31. The normalized spacial score (nSPS) is 26.3. The number of fused-ring (bicyclic) bond motifs is 7. The van der Waals surface area contributed by atoms with Crippen molar-refractivity contribution in [1.29, 1.82) is 0 Å². The molecule has 98 valence electrons. The topological polar surface area (TPSA) is 12.0 Å². The number of benzene rings is 2. The number of rotatable bonds is 0. The first kappa shape index (κ1) is 12.7. The maximum Gasteiger partial charge on any atom is 0.0672 e. The number of hydrogen-bond donors (Lipinski definition) is 1. The molecular weight excluding hydrogens is 254 g/mol. The lowest BCUT2D eigenvalue weighted by Gasteiger charge is -2.34. The standard InChI is InChI=1S/C17H17N.ClH/c1-11-7-8-13-15(9-11)17(2)14-6-4-3-5-12(14)10-16(13)18-17;/h3-9,16,18H,10H2,1-2H3;1H. The number of hydrogen-bond acceptors (Lipinski definition) is 1. The summed E-state index contributed by atoms with van der Waals surface area (Å²) in [6, 6.07) is 16.2. The highest BCUT2D eigenvalue weighted by atomic mass is 35.5. The van der Waals surface area contributed by atoms with E-state index in [1.165, 1.54) is 27.8 Å². The van der Waals surface area contributed by atoms with Gasteiger partial charge in [0.15, 0.2) is 0 Å². The van der Waals surface area contributed by atoms with E-state index in [0.29, 0.717) is 6.04 Å². The van der Waals surface area contributed by atoms with E-state index in [4.69, 9.17) is 0 Å². The molecule has 1 nitrogen and oxygen atoms in total. The Kier molecular flexibility index (Phi) is 2.74. The minimum atomic E-state index is 0. The average molecular weight is 272 g/mol. The Labute approximate surface area is 120 Å². The quantitative estimate of drug-likeness (QED) is 0.767. The molecule has 4 rings (SSSR count). The molecule has 2 bridgehead atoms. The van der Waals surface area contributed by atoms with Crippen LogP contribution in [0, 0.1) is 6.92 Å². The highest BCUT2D eigenvalue weighted by Gasteiger charge is 2.45. The molecule has 2 aliphatic rings. The second-order valence-corrected chi connectivity index (χ2v) is 5.77. The van der Waals surface area contributed by atoms with E-state index >= 15 is 0 Å². The van der Waals surface area contributed by atoms with Crippen molar-refractivity contribution >= 4 is 12.4 Å². The molecule has 2 aromatic rings. The van der Waals surface area contributed by atoms with Gasteiger partial charge in [0, 0.05) is 6.04 Å². The first-order chi connectivity index (χ1) is 8.68. The van der Waals surface area contributed by atoms with E-state index < -0.39 is 0 Å². The fourth-order valence-electron chi connectivity index (χ4n) is 3.70. The van der Waals surface area contributed by atoms with Crippen LogP contribution in [-0.2, 0) is 12.0 Å². The van der Waals surface area contributed by atoms with Gasteiger partial charge in [-0.25, -0.2) is 0 Å². The Morgan fingerprint density at radius 3 is 2.74 bits per heavy atom. The second kappa shape index (κ2) is 4.09. The molecule has 0 spiro atoms. The number of nitrogens with one attached hydrogen (secondary N) is 1. The Morgan fingerprint density at radius 2 is 1.89 bits per heavy atom. The highest BCUT2D eigenvalue weighted by Crippen LogP contribution is 2.48. The van der Waals surface area contributed by atoms with Crippen molar-refractivity contribution < 1.29 is 0 Å². The van der Waals surface area contributed by atoms with Crippen LogP contribution in [0.3, 0.4) is 0 Å². The third-order valence-electron chi connectivity index (χ3n) is 4.57. The zero-order valence-corrected chi connectivity index (χ0v) is 12.1. The van der Waals surface area contributed by atoms with Crippen LogP contribution in [0.15, 0.2) is 42.5 Å². The lowest BCUT2D eigenvalue weighted by Crippen LogP contribution is -2.41. The molecule has 0 aromatic heterocycles. The molecule has 2 aromatic carbocycles. The maximum absolute atomic E-state index is 3.82. The van der Waals surface area contributed by atoms with E-state index in [1.807, 2.05) is 0 Å². The molecule has 0 aliphatic carbocycles. The third-order valence-corrected chi connectivity index (χ3v) is 4.57. The molecule has 0 saturated heterocycles. The van der Waals surface area contributed by atoms with Gasteiger partial charge >= 0.3 is 0 Å². The molecule has 2 aliphatic heterocycles. The van der Waals surface area contributed by atoms with Crippen molar-refractivity contribution in [3.05, 3.63) is 70.3 Å². The number of aryl methyl sites for hydroxylation is 1. The molecule has 0 saturated carbocycles.